The quantitative estimate of drug-likeness (QED) is 0.0262. The maximum Gasteiger partial charge on any atom is 0.306 e. The molecule has 0 N–H and O–H groups in total. The van der Waals surface area contributed by atoms with Crippen molar-refractivity contribution >= 4 is 17.9 Å². The van der Waals surface area contributed by atoms with Gasteiger partial charge in [-0.3, -0.25) is 14.4 Å². The van der Waals surface area contributed by atoms with Gasteiger partial charge in [-0.1, -0.05) is 240 Å². The second kappa shape index (κ2) is 57.9. The molecule has 0 fully saturated rings. The monoisotopic (exact) mass is 973 g/mol. The Morgan fingerprint density at radius 3 is 0.971 bits per heavy atom. The van der Waals surface area contributed by atoms with Crippen LogP contribution in [0.2, 0.25) is 0 Å². The van der Waals surface area contributed by atoms with E-state index in [9.17, 15) is 14.4 Å². The Hall–Kier alpha value is -3.67. The SMILES string of the molecule is CC/C=C\C/C=C\C/C=C\C/C=C\CCC(=O)OCC(COC(=O)CCCCCCCC/C=C\C/C=C\C/C=C\CCCCCCC)OC(=O)CCCCCCCCC/C=C\CCCCCCCCC. The number of hydrogen-bond donors (Lipinski definition) is 0. The number of hydrogen-bond acceptors (Lipinski definition) is 6. The van der Waals surface area contributed by atoms with Crippen molar-refractivity contribution in [2.24, 2.45) is 0 Å². The van der Waals surface area contributed by atoms with E-state index in [0.717, 1.165) is 89.9 Å². The maximum atomic E-state index is 12.9. The molecule has 0 aromatic rings. The van der Waals surface area contributed by atoms with E-state index in [0.29, 0.717) is 19.3 Å². The minimum Gasteiger partial charge on any atom is -0.462 e. The number of unbranched alkanes of at least 4 members (excludes halogenated alkanes) is 25. The highest BCUT2D eigenvalue weighted by molar-refractivity contribution is 5.71. The standard InChI is InChI=1S/C64H108O6/c1-4-7-10-13-16-19-22-25-27-29-31-32-33-35-36-39-42-45-48-51-54-57-63(66)69-60-61(59-68-62(65)56-53-50-47-44-41-38-24-21-18-15-12-9-6-3)70-64(67)58-55-52-49-46-43-40-37-34-30-28-26-23-20-17-14-11-8-5-2/h9,12,18,21-22,25,28-31,33,35,38,41,47,50,61H,4-8,10-11,13-17,19-20,23-24,26-27,32,34,36-37,39-40,42-46,48-49,51-60H2,1-3H3/b12-9-,21-18-,25-22-,30-28-,31-29-,35-33-,41-38-,50-47-. The van der Waals surface area contributed by atoms with Gasteiger partial charge in [-0.05, 0) is 109 Å². The number of carbonyl (C=O) groups excluding carboxylic acids is 3. The fourth-order valence-corrected chi connectivity index (χ4v) is 7.93. The lowest BCUT2D eigenvalue weighted by Crippen LogP contribution is -2.30. The van der Waals surface area contributed by atoms with Crippen LogP contribution in [-0.4, -0.2) is 37.2 Å². The molecule has 0 aromatic heterocycles. The van der Waals surface area contributed by atoms with Crippen LogP contribution in [0.1, 0.15) is 271 Å². The van der Waals surface area contributed by atoms with E-state index < -0.39 is 6.10 Å². The van der Waals surface area contributed by atoms with Gasteiger partial charge in [0.1, 0.15) is 13.2 Å². The predicted molar refractivity (Wildman–Crippen MR) is 302 cm³/mol. The molecule has 0 aromatic carbocycles. The number of ether oxygens (including phenoxy) is 3. The number of esters is 3. The van der Waals surface area contributed by atoms with Gasteiger partial charge in [-0.25, -0.2) is 0 Å². The molecule has 0 amide bonds. The molecule has 1 unspecified atom stereocenters. The fourth-order valence-electron chi connectivity index (χ4n) is 7.93. The van der Waals surface area contributed by atoms with Gasteiger partial charge in [0.15, 0.2) is 6.10 Å². The first kappa shape index (κ1) is 66.3. The topological polar surface area (TPSA) is 78.9 Å². The molecule has 0 saturated heterocycles. The third-order valence-corrected chi connectivity index (χ3v) is 12.3. The molecule has 6 heteroatoms. The summed E-state index contributed by atoms with van der Waals surface area (Å²) in [6, 6.07) is 0. The predicted octanol–water partition coefficient (Wildman–Crippen LogP) is 19.7. The third-order valence-electron chi connectivity index (χ3n) is 12.3. The molecule has 0 rings (SSSR count). The van der Waals surface area contributed by atoms with Crippen LogP contribution >= 0.6 is 0 Å². The van der Waals surface area contributed by atoms with E-state index in [4.69, 9.17) is 14.2 Å². The molecular formula is C64H108O6. The van der Waals surface area contributed by atoms with Crippen molar-refractivity contribution in [1.29, 1.82) is 0 Å². The normalized spacial score (nSPS) is 12.8. The van der Waals surface area contributed by atoms with Crippen molar-refractivity contribution in [2.45, 2.75) is 277 Å². The number of allylic oxidation sites excluding steroid dienone is 16. The summed E-state index contributed by atoms with van der Waals surface area (Å²) < 4.78 is 16.8. The first-order chi connectivity index (χ1) is 34.5. The van der Waals surface area contributed by atoms with E-state index in [1.54, 1.807) is 0 Å². The van der Waals surface area contributed by atoms with Crippen molar-refractivity contribution in [3.8, 4) is 0 Å². The first-order valence-electron chi connectivity index (χ1n) is 29.2. The van der Waals surface area contributed by atoms with Crippen LogP contribution in [0.25, 0.3) is 0 Å². The molecule has 0 aliphatic carbocycles. The number of carbonyl (C=O) groups is 3. The van der Waals surface area contributed by atoms with Crippen LogP contribution < -0.4 is 0 Å². The Morgan fingerprint density at radius 2 is 0.586 bits per heavy atom. The Bertz CT molecular complexity index is 1400. The molecule has 0 radical (unpaired) electrons. The summed E-state index contributed by atoms with van der Waals surface area (Å²) >= 11 is 0. The van der Waals surface area contributed by atoms with Gasteiger partial charge >= 0.3 is 17.9 Å². The lowest BCUT2D eigenvalue weighted by Gasteiger charge is -2.18. The van der Waals surface area contributed by atoms with Gasteiger partial charge in [0.2, 0.25) is 0 Å². The molecule has 400 valence electrons. The van der Waals surface area contributed by atoms with Crippen LogP contribution in [0.15, 0.2) is 97.2 Å². The third kappa shape index (κ3) is 55.3. The van der Waals surface area contributed by atoms with Crippen molar-refractivity contribution in [3.05, 3.63) is 97.2 Å². The number of rotatable bonds is 52. The van der Waals surface area contributed by atoms with Gasteiger partial charge in [0.25, 0.3) is 0 Å². The average molecular weight is 974 g/mol. The fraction of sp³-hybridized carbons (Fsp3) is 0.703. The van der Waals surface area contributed by atoms with E-state index >= 15 is 0 Å². The van der Waals surface area contributed by atoms with E-state index in [-0.39, 0.29) is 37.5 Å². The van der Waals surface area contributed by atoms with Gasteiger partial charge in [-0.15, -0.1) is 0 Å². The Labute approximate surface area is 432 Å². The van der Waals surface area contributed by atoms with Gasteiger partial charge < -0.3 is 14.2 Å². The molecule has 0 aliphatic heterocycles. The highest BCUT2D eigenvalue weighted by Gasteiger charge is 2.19. The molecule has 0 heterocycles. The lowest BCUT2D eigenvalue weighted by atomic mass is 10.1. The molecule has 0 spiro atoms. The van der Waals surface area contributed by atoms with Crippen molar-refractivity contribution in [1.82, 2.24) is 0 Å². The van der Waals surface area contributed by atoms with Crippen molar-refractivity contribution < 1.29 is 28.6 Å². The largest absolute Gasteiger partial charge is 0.462 e. The minimum absolute atomic E-state index is 0.108. The average Bonchev–Trinajstić information content (AvgIpc) is 3.36. The summed E-state index contributed by atoms with van der Waals surface area (Å²) in [6.45, 7) is 6.44. The van der Waals surface area contributed by atoms with Gasteiger partial charge in [0.05, 0.1) is 0 Å². The zero-order valence-corrected chi connectivity index (χ0v) is 45.8. The van der Waals surface area contributed by atoms with Crippen LogP contribution in [0.5, 0.6) is 0 Å². The summed E-state index contributed by atoms with van der Waals surface area (Å²) in [5.41, 5.74) is 0. The Kier molecular flexibility index (Phi) is 54.9. The molecular weight excluding hydrogens is 865 g/mol. The van der Waals surface area contributed by atoms with Crippen LogP contribution in [0.4, 0.5) is 0 Å². The highest BCUT2D eigenvalue weighted by atomic mass is 16.6. The molecule has 0 saturated carbocycles. The van der Waals surface area contributed by atoms with Gasteiger partial charge in [0, 0.05) is 19.3 Å². The summed E-state index contributed by atoms with van der Waals surface area (Å²) in [4.78, 5) is 38.1. The van der Waals surface area contributed by atoms with Crippen molar-refractivity contribution in [2.75, 3.05) is 13.2 Å². The Balaban J connectivity index is 4.45. The summed E-state index contributed by atoms with van der Waals surface area (Å²) in [5.74, 6) is -1.01. The molecule has 6 nitrogen and oxygen atoms in total. The first-order valence-corrected chi connectivity index (χ1v) is 29.2. The second-order valence-corrected chi connectivity index (χ2v) is 19.2. The van der Waals surface area contributed by atoms with Gasteiger partial charge in [-0.2, -0.15) is 0 Å². The molecule has 1 atom stereocenters. The summed E-state index contributed by atoms with van der Waals surface area (Å²) in [7, 11) is 0. The Morgan fingerprint density at radius 1 is 0.300 bits per heavy atom. The maximum absolute atomic E-state index is 12.9. The van der Waals surface area contributed by atoms with E-state index in [2.05, 4.69) is 112 Å². The highest BCUT2D eigenvalue weighted by Crippen LogP contribution is 2.14. The van der Waals surface area contributed by atoms with E-state index in [1.807, 2.05) is 6.08 Å². The lowest BCUT2D eigenvalue weighted by molar-refractivity contribution is -0.166. The molecule has 0 aliphatic rings. The molecule has 70 heavy (non-hydrogen) atoms. The minimum atomic E-state index is -0.815. The van der Waals surface area contributed by atoms with Crippen molar-refractivity contribution in [3.63, 3.8) is 0 Å². The summed E-state index contributed by atoms with van der Waals surface area (Å²) in [6.07, 6.45) is 77.0. The zero-order valence-electron chi connectivity index (χ0n) is 45.8. The second-order valence-electron chi connectivity index (χ2n) is 19.2. The summed E-state index contributed by atoms with van der Waals surface area (Å²) in [5, 5.41) is 0. The van der Waals surface area contributed by atoms with Crippen LogP contribution in [0, 0.1) is 0 Å². The molecule has 0 bridgehead atoms. The zero-order chi connectivity index (χ0) is 50.7. The van der Waals surface area contributed by atoms with Crippen LogP contribution in [0.3, 0.4) is 0 Å². The smallest absolute Gasteiger partial charge is 0.306 e. The van der Waals surface area contributed by atoms with E-state index in [1.165, 1.54) is 135 Å². The van der Waals surface area contributed by atoms with Crippen LogP contribution in [-0.2, 0) is 28.6 Å².